The van der Waals surface area contributed by atoms with Gasteiger partial charge in [-0.2, -0.15) is 0 Å². The van der Waals surface area contributed by atoms with E-state index in [-0.39, 0.29) is 17.9 Å². The molecule has 5 rings (SSSR count). The molecule has 176 valence electrons. The average molecular weight is 486 g/mol. The minimum atomic E-state index is -0.449. The number of hydrogen-bond acceptors (Lipinski definition) is 6. The number of fused-ring (bicyclic) bond motifs is 1. The Balaban J connectivity index is 1.38. The van der Waals surface area contributed by atoms with Crippen molar-refractivity contribution in [1.29, 1.82) is 0 Å². The molecule has 2 aromatic carbocycles. The number of carbonyl (C=O) groups excluding carboxylic acids is 1. The first kappa shape index (κ1) is 22.5. The third-order valence-electron chi connectivity index (χ3n) is 5.86. The Morgan fingerprint density at radius 3 is 2.54 bits per heavy atom. The summed E-state index contributed by atoms with van der Waals surface area (Å²) in [7, 11) is 1.77. The summed E-state index contributed by atoms with van der Waals surface area (Å²) < 4.78 is 9.05. The van der Waals surface area contributed by atoms with Crippen LogP contribution in [-0.2, 0) is 11.8 Å². The van der Waals surface area contributed by atoms with E-state index in [0.717, 1.165) is 21.3 Å². The number of aromatic nitrogens is 4. The molecule has 3 heterocycles. The van der Waals surface area contributed by atoms with Gasteiger partial charge in [-0.05, 0) is 31.5 Å². The number of hydrogen-bond donors (Lipinski definition) is 1. The molecule has 0 spiro atoms. The zero-order valence-corrected chi connectivity index (χ0v) is 20.3. The topological polar surface area (TPSA) is 91.0 Å². The summed E-state index contributed by atoms with van der Waals surface area (Å²) in [6.45, 7) is 3.52. The molecular formula is C26H23N5O3S. The maximum absolute atomic E-state index is 13.1. The monoisotopic (exact) mass is 485 g/mol. The number of aryl methyl sites for hydroxylation is 1. The molecule has 0 saturated heterocycles. The maximum Gasteiger partial charge on any atom is 0.295 e. The van der Waals surface area contributed by atoms with Crippen molar-refractivity contribution in [3.05, 3.63) is 87.9 Å². The molecule has 0 bridgehead atoms. The lowest BCUT2D eigenvalue weighted by atomic mass is 10.0. The van der Waals surface area contributed by atoms with Crippen LogP contribution in [0.1, 0.15) is 11.3 Å². The highest BCUT2D eigenvalue weighted by Crippen LogP contribution is 2.37. The van der Waals surface area contributed by atoms with Gasteiger partial charge in [-0.3, -0.25) is 14.3 Å². The van der Waals surface area contributed by atoms with Gasteiger partial charge in [0.1, 0.15) is 16.8 Å². The number of ether oxygens (including phenoxy) is 1. The van der Waals surface area contributed by atoms with Crippen molar-refractivity contribution in [2.45, 2.75) is 13.8 Å². The molecule has 0 unspecified atom stereocenters. The number of nitrogens with zero attached hydrogens (tertiary/aromatic N) is 4. The second-order valence-electron chi connectivity index (χ2n) is 8.15. The fraction of sp³-hybridized carbons (Fsp3) is 0.154. The number of anilines is 1. The number of nitrogens with one attached hydrogen (secondary N) is 1. The normalized spacial score (nSPS) is 11.1. The van der Waals surface area contributed by atoms with Gasteiger partial charge in [-0.1, -0.05) is 48.0 Å². The molecule has 1 amide bonds. The summed E-state index contributed by atoms with van der Waals surface area (Å²) in [6, 6.07) is 17.4. The van der Waals surface area contributed by atoms with Gasteiger partial charge in [0.15, 0.2) is 6.61 Å². The lowest BCUT2D eigenvalue weighted by Gasteiger charge is -2.08. The van der Waals surface area contributed by atoms with Crippen molar-refractivity contribution in [3.8, 4) is 22.7 Å². The second kappa shape index (κ2) is 9.19. The van der Waals surface area contributed by atoms with Crippen LogP contribution < -0.4 is 15.6 Å². The lowest BCUT2D eigenvalue weighted by molar-refractivity contribution is -0.118. The zero-order valence-electron chi connectivity index (χ0n) is 19.5. The first-order valence-corrected chi connectivity index (χ1v) is 11.9. The van der Waals surface area contributed by atoms with Crippen LogP contribution in [0, 0.1) is 13.8 Å². The van der Waals surface area contributed by atoms with Crippen molar-refractivity contribution in [1.82, 2.24) is 19.3 Å². The molecule has 0 fully saturated rings. The number of rotatable bonds is 6. The first-order chi connectivity index (χ1) is 16.9. The van der Waals surface area contributed by atoms with E-state index in [1.807, 2.05) is 66.9 Å². The average Bonchev–Trinajstić information content (AvgIpc) is 3.39. The van der Waals surface area contributed by atoms with Crippen LogP contribution in [0.5, 0.6) is 5.88 Å². The SMILES string of the molecule is Cc1ccc(-c2csc3ncnc(OCC(=O)Nc4c(C)n(C)n(-c5ccccc5)c4=O)c23)cc1. The predicted octanol–water partition coefficient (Wildman–Crippen LogP) is 4.48. The van der Waals surface area contributed by atoms with E-state index in [1.54, 1.807) is 18.7 Å². The maximum atomic E-state index is 13.1. The Kier molecular flexibility index (Phi) is 5.92. The number of para-hydroxylation sites is 1. The minimum Gasteiger partial charge on any atom is -0.467 e. The van der Waals surface area contributed by atoms with Crippen molar-refractivity contribution < 1.29 is 9.53 Å². The molecule has 5 aromatic rings. The van der Waals surface area contributed by atoms with E-state index in [0.29, 0.717) is 17.3 Å². The van der Waals surface area contributed by atoms with E-state index in [2.05, 4.69) is 15.3 Å². The Morgan fingerprint density at radius 2 is 1.80 bits per heavy atom. The molecule has 0 aliphatic carbocycles. The van der Waals surface area contributed by atoms with Gasteiger partial charge in [0, 0.05) is 18.0 Å². The number of thiophene rings is 1. The van der Waals surface area contributed by atoms with E-state index in [9.17, 15) is 9.59 Å². The van der Waals surface area contributed by atoms with Gasteiger partial charge in [-0.25, -0.2) is 14.6 Å². The van der Waals surface area contributed by atoms with Crippen LogP contribution in [0.3, 0.4) is 0 Å². The van der Waals surface area contributed by atoms with Crippen LogP contribution >= 0.6 is 11.3 Å². The summed E-state index contributed by atoms with van der Waals surface area (Å²) in [5, 5.41) is 5.49. The van der Waals surface area contributed by atoms with Crippen molar-refractivity contribution >= 4 is 33.1 Å². The van der Waals surface area contributed by atoms with Gasteiger partial charge in [0.05, 0.1) is 16.8 Å². The predicted molar refractivity (Wildman–Crippen MR) is 137 cm³/mol. The summed E-state index contributed by atoms with van der Waals surface area (Å²) in [4.78, 5) is 35.2. The first-order valence-electron chi connectivity index (χ1n) is 11.0. The molecule has 0 saturated carbocycles. The van der Waals surface area contributed by atoms with Crippen molar-refractivity contribution in [2.24, 2.45) is 7.05 Å². The van der Waals surface area contributed by atoms with Gasteiger partial charge >= 0.3 is 0 Å². The lowest BCUT2D eigenvalue weighted by Crippen LogP contribution is -2.26. The fourth-order valence-electron chi connectivity index (χ4n) is 3.92. The van der Waals surface area contributed by atoms with E-state index in [1.165, 1.54) is 27.9 Å². The van der Waals surface area contributed by atoms with Gasteiger partial charge in [0.25, 0.3) is 11.5 Å². The van der Waals surface area contributed by atoms with Crippen LogP contribution in [0.25, 0.3) is 27.0 Å². The summed E-state index contributed by atoms with van der Waals surface area (Å²) in [6.07, 6.45) is 1.42. The minimum absolute atomic E-state index is 0.216. The largest absolute Gasteiger partial charge is 0.467 e. The second-order valence-corrected chi connectivity index (χ2v) is 9.01. The molecule has 1 N–H and O–H groups in total. The van der Waals surface area contributed by atoms with E-state index >= 15 is 0 Å². The van der Waals surface area contributed by atoms with Crippen molar-refractivity contribution in [2.75, 3.05) is 11.9 Å². The van der Waals surface area contributed by atoms with E-state index < -0.39 is 5.91 Å². The molecule has 0 radical (unpaired) electrons. The standard InChI is InChI=1S/C26H23N5O3S/c1-16-9-11-18(12-10-16)20-14-35-25-22(20)24(27-15-28-25)34-13-21(32)29-23-17(2)30(3)31(26(23)33)19-7-5-4-6-8-19/h4-12,14-15H,13H2,1-3H3,(H,29,32). The Morgan fingerprint density at radius 1 is 1.06 bits per heavy atom. The fourth-order valence-corrected chi connectivity index (χ4v) is 4.83. The molecule has 9 heteroatoms. The number of amides is 1. The number of benzene rings is 2. The Bertz CT molecular complexity index is 1580. The molecule has 8 nitrogen and oxygen atoms in total. The highest BCUT2D eigenvalue weighted by atomic mass is 32.1. The summed E-state index contributed by atoms with van der Waals surface area (Å²) in [5.74, 6) is -0.122. The third kappa shape index (κ3) is 4.22. The van der Waals surface area contributed by atoms with Gasteiger partial charge in [0.2, 0.25) is 5.88 Å². The molecule has 0 aliphatic heterocycles. The summed E-state index contributed by atoms with van der Waals surface area (Å²) >= 11 is 1.49. The van der Waals surface area contributed by atoms with Crippen molar-refractivity contribution in [3.63, 3.8) is 0 Å². The highest BCUT2D eigenvalue weighted by Gasteiger charge is 2.19. The molecule has 0 aliphatic rings. The summed E-state index contributed by atoms with van der Waals surface area (Å²) in [5.41, 5.74) is 4.39. The van der Waals surface area contributed by atoms with Crippen LogP contribution in [0.15, 0.2) is 71.1 Å². The Labute approximate surface area is 205 Å². The molecular weight excluding hydrogens is 462 g/mol. The number of carbonyl (C=O) groups is 1. The van der Waals surface area contributed by atoms with Crippen LogP contribution in [0.4, 0.5) is 5.69 Å². The molecule has 0 atom stereocenters. The molecule has 35 heavy (non-hydrogen) atoms. The molecule has 3 aromatic heterocycles. The van der Waals surface area contributed by atoms with E-state index in [4.69, 9.17) is 4.74 Å². The van der Waals surface area contributed by atoms with Crippen LogP contribution in [-0.4, -0.2) is 31.8 Å². The van der Waals surface area contributed by atoms with Gasteiger partial charge in [-0.15, -0.1) is 11.3 Å². The third-order valence-corrected chi connectivity index (χ3v) is 6.74. The quantitative estimate of drug-likeness (QED) is 0.383. The Hall–Kier alpha value is -4.24. The smallest absolute Gasteiger partial charge is 0.295 e. The van der Waals surface area contributed by atoms with Crippen LogP contribution in [0.2, 0.25) is 0 Å². The van der Waals surface area contributed by atoms with Gasteiger partial charge < -0.3 is 10.1 Å². The zero-order chi connectivity index (χ0) is 24.5. The highest BCUT2D eigenvalue weighted by molar-refractivity contribution is 7.17.